The van der Waals surface area contributed by atoms with Crippen LogP contribution >= 0.6 is 0 Å². The minimum absolute atomic E-state index is 0.371. The number of benzene rings is 2. The highest BCUT2D eigenvalue weighted by atomic mass is 19.2. The first-order valence-corrected chi connectivity index (χ1v) is 10.0. The molecule has 1 N–H and O–H groups in total. The molecule has 152 valence electrons. The molecule has 0 atom stereocenters. The average Bonchev–Trinajstić information content (AvgIpc) is 3.21. The quantitative estimate of drug-likeness (QED) is 0.662. The van der Waals surface area contributed by atoms with Crippen LogP contribution in [0.1, 0.15) is 24.2 Å². The number of hydrogen-bond acceptors (Lipinski definition) is 4. The summed E-state index contributed by atoms with van der Waals surface area (Å²) in [6, 6.07) is 14.9. The predicted octanol–water partition coefficient (Wildman–Crippen LogP) is 3.56. The number of nitrogens with one attached hydrogen (secondary N) is 1. The van der Waals surface area contributed by atoms with E-state index in [0.29, 0.717) is 12.6 Å². The number of nitrogens with zero attached hydrogens (tertiary/aromatic N) is 4. The minimum Gasteiger partial charge on any atom is -0.371 e. The number of rotatable bonds is 7. The molecular formula is C22H25F2N5. The smallest absolute Gasteiger partial charge is 0.160 e. The molecule has 1 aliphatic rings. The van der Waals surface area contributed by atoms with Crippen molar-refractivity contribution in [1.82, 2.24) is 20.1 Å². The van der Waals surface area contributed by atoms with Crippen molar-refractivity contribution in [2.45, 2.75) is 38.4 Å². The topological polar surface area (TPSA) is 46.0 Å². The van der Waals surface area contributed by atoms with Crippen molar-refractivity contribution in [2.75, 3.05) is 18.0 Å². The zero-order valence-electron chi connectivity index (χ0n) is 16.3. The van der Waals surface area contributed by atoms with Gasteiger partial charge in [0.15, 0.2) is 11.6 Å². The number of hydrogen-bond donors (Lipinski definition) is 1. The summed E-state index contributed by atoms with van der Waals surface area (Å²) in [6.07, 6.45) is 4.61. The molecule has 7 heteroatoms. The number of halogens is 2. The normalized spacial score (nSPS) is 15.0. The maximum Gasteiger partial charge on any atom is 0.160 e. The van der Waals surface area contributed by atoms with Gasteiger partial charge in [-0.15, -0.1) is 10.2 Å². The van der Waals surface area contributed by atoms with Crippen LogP contribution in [0.4, 0.5) is 14.5 Å². The molecule has 2 aromatic carbocycles. The van der Waals surface area contributed by atoms with Gasteiger partial charge in [-0.1, -0.05) is 30.3 Å². The van der Waals surface area contributed by atoms with Gasteiger partial charge in [0.2, 0.25) is 0 Å². The van der Waals surface area contributed by atoms with E-state index in [2.05, 4.69) is 49.2 Å². The van der Waals surface area contributed by atoms with E-state index in [1.165, 1.54) is 17.7 Å². The zero-order chi connectivity index (χ0) is 20.1. The van der Waals surface area contributed by atoms with Gasteiger partial charge in [-0.05, 0) is 37.0 Å². The Morgan fingerprint density at radius 3 is 2.55 bits per heavy atom. The number of aromatic nitrogens is 3. The van der Waals surface area contributed by atoms with Gasteiger partial charge in [0, 0.05) is 37.4 Å². The number of aryl methyl sites for hydroxylation is 2. The first-order valence-electron chi connectivity index (χ1n) is 10.0. The third-order valence-electron chi connectivity index (χ3n) is 5.49. The van der Waals surface area contributed by atoms with E-state index in [-0.39, 0.29) is 0 Å². The van der Waals surface area contributed by atoms with Gasteiger partial charge in [0.1, 0.15) is 12.2 Å². The molecule has 1 aromatic heterocycles. The molecular weight excluding hydrogens is 372 g/mol. The third-order valence-corrected chi connectivity index (χ3v) is 5.49. The highest BCUT2D eigenvalue weighted by Gasteiger charge is 2.20. The van der Waals surface area contributed by atoms with E-state index < -0.39 is 11.6 Å². The van der Waals surface area contributed by atoms with Gasteiger partial charge in [0.25, 0.3) is 0 Å². The molecule has 3 aromatic rings. The second kappa shape index (κ2) is 9.13. The van der Waals surface area contributed by atoms with Crippen LogP contribution < -0.4 is 10.2 Å². The van der Waals surface area contributed by atoms with E-state index in [9.17, 15) is 8.78 Å². The van der Waals surface area contributed by atoms with Gasteiger partial charge in [-0.2, -0.15) is 0 Å². The van der Waals surface area contributed by atoms with Crippen LogP contribution in [0.5, 0.6) is 0 Å². The molecule has 2 heterocycles. The molecule has 4 rings (SSSR count). The van der Waals surface area contributed by atoms with Crippen LogP contribution in [0.15, 0.2) is 54.9 Å². The highest BCUT2D eigenvalue weighted by molar-refractivity contribution is 5.47. The number of anilines is 1. The second-order valence-corrected chi connectivity index (χ2v) is 7.42. The minimum atomic E-state index is -0.804. The molecule has 29 heavy (non-hydrogen) atoms. The summed E-state index contributed by atoms with van der Waals surface area (Å²) in [6.45, 7) is 3.14. The lowest BCUT2D eigenvalue weighted by Crippen LogP contribution is -2.42. The van der Waals surface area contributed by atoms with Crippen molar-refractivity contribution in [3.05, 3.63) is 77.9 Å². The first kappa shape index (κ1) is 19.5. The fourth-order valence-corrected chi connectivity index (χ4v) is 3.76. The summed E-state index contributed by atoms with van der Waals surface area (Å²) in [5.74, 6) is -0.664. The lowest BCUT2D eigenvalue weighted by Gasteiger charge is -2.34. The van der Waals surface area contributed by atoms with Gasteiger partial charge >= 0.3 is 0 Å². The van der Waals surface area contributed by atoms with E-state index in [4.69, 9.17) is 0 Å². The van der Waals surface area contributed by atoms with Crippen molar-refractivity contribution < 1.29 is 8.78 Å². The highest BCUT2D eigenvalue weighted by Crippen LogP contribution is 2.22. The van der Waals surface area contributed by atoms with Crippen LogP contribution in [0.3, 0.4) is 0 Å². The molecule has 1 aliphatic heterocycles. The van der Waals surface area contributed by atoms with Crippen LogP contribution in [0.2, 0.25) is 0 Å². The van der Waals surface area contributed by atoms with E-state index in [1.54, 1.807) is 12.4 Å². The summed E-state index contributed by atoms with van der Waals surface area (Å²) in [5, 5.41) is 11.9. The van der Waals surface area contributed by atoms with Crippen molar-refractivity contribution >= 4 is 5.69 Å². The van der Waals surface area contributed by atoms with Crippen molar-refractivity contribution in [2.24, 2.45) is 0 Å². The third kappa shape index (κ3) is 4.98. The monoisotopic (exact) mass is 397 g/mol. The lowest BCUT2D eigenvalue weighted by molar-refractivity contribution is 0.404. The van der Waals surface area contributed by atoms with Crippen molar-refractivity contribution in [1.29, 1.82) is 0 Å². The summed E-state index contributed by atoms with van der Waals surface area (Å²) in [7, 11) is 0. The lowest BCUT2D eigenvalue weighted by atomic mass is 10.0. The maximum absolute atomic E-state index is 13.5. The summed E-state index contributed by atoms with van der Waals surface area (Å²) in [4.78, 5) is 2.10. The van der Waals surface area contributed by atoms with Crippen LogP contribution in [-0.2, 0) is 19.5 Å². The van der Waals surface area contributed by atoms with Crippen molar-refractivity contribution in [3.63, 3.8) is 0 Å². The Morgan fingerprint density at radius 2 is 1.79 bits per heavy atom. The molecule has 0 saturated carbocycles. The molecule has 1 saturated heterocycles. The SMILES string of the molecule is Fc1ccc(N2CCC(NCc3nncn3CCc3ccccc3)CC2)cc1F. The maximum atomic E-state index is 13.5. The molecule has 1 fully saturated rings. The van der Waals surface area contributed by atoms with Crippen LogP contribution in [0, 0.1) is 11.6 Å². The summed E-state index contributed by atoms with van der Waals surface area (Å²) < 4.78 is 28.7. The van der Waals surface area contributed by atoms with Gasteiger partial charge in [-0.3, -0.25) is 0 Å². The Labute approximate surface area is 169 Å². The fourth-order valence-electron chi connectivity index (χ4n) is 3.76. The van der Waals surface area contributed by atoms with Crippen molar-refractivity contribution in [3.8, 4) is 0 Å². The van der Waals surface area contributed by atoms with Crippen LogP contribution in [0.25, 0.3) is 0 Å². The van der Waals surface area contributed by atoms with Gasteiger partial charge < -0.3 is 14.8 Å². The van der Waals surface area contributed by atoms with E-state index in [0.717, 1.165) is 50.4 Å². The molecule has 0 unspecified atom stereocenters. The first-order chi connectivity index (χ1) is 14.2. The number of piperidine rings is 1. The Balaban J connectivity index is 1.25. The van der Waals surface area contributed by atoms with Crippen LogP contribution in [-0.4, -0.2) is 33.9 Å². The predicted molar refractivity (Wildman–Crippen MR) is 109 cm³/mol. The molecule has 5 nitrogen and oxygen atoms in total. The largest absolute Gasteiger partial charge is 0.371 e. The molecule has 0 aliphatic carbocycles. The standard InChI is InChI=1S/C22H25F2N5/c23-20-7-6-19(14-21(20)24)28-12-9-18(10-13-28)25-15-22-27-26-16-29(22)11-8-17-4-2-1-3-5-17/h1-7,14,16,18,25H,8-13,15H2. The summed E-state index contributed by atoms with van der Waals surface area (Å²) >= 11 is 0. The van der Waals surface area contributed by atoms with E-state index in [1.807, 2.05) is 6.07 Å². The van der Waals surface area contributed by atoms with Gasteiger partial charge in [0.05, 0.1) is 6.54 Å². The Hall–Kier alpha value is -2.80. The Bertz CT molecular complexity index is 920. The Kier molecular flexibility index (Phi) is 6.14. The zero-order valence-corrected chi connectivity index (χ0v) is 16.3. The molecule has 0 bridgehead atoms. The average molecular weight is 397 g/mol. The second-order valence-electron chi connectivity index (χ2n) is 7.42. The Morgan fingerprint density at radius 1 is 1.00 bits per heavy atom. The van der Waals surface area contributed by atoms with E-state index >= 15 is 0 Å². The fraction of sp³-hybridized carbons (Fsp3) is 0.364. The van der Waals surface area contributed by atoms with Gasteiger partial charge in [-0.25, -0.2) is 8.78 Å². The molecule has 0 radical (unpaired) electrons. The summed E-state index contributed by atoms with van der Waals surface area (Å²) in [5.41, 5.74) is 2.03. The molecule has 0 spiro atoms. The molecule has 0 amide bonds.